The van der Waals surface area contributed by atoms with Crippen LogP contribution in [0, 0.1) is 11.3 Å². The molecule has 5 aromatic carbocycles. The van der Waals surface area contributed by atoms with Gasteiger partial charge in [0.25, 0.3) is 0 Å². The Morgan fingerprint density at radius 1 is 0.413 bits per heavy atom. The highest BCUT2D eigenvalue weighted by molar-refractivity contribution is 6.00. The molecule has 0 spiro atoms. The Hall–Kier alpha value is -6.44. The highest BCUT2D eigenvalue weighted by atomic mass is 14.8. The fourth-order valence-corrected chi connectivity index (χ4v) is 6.04. The molecule has 3 aromatic heterocycles. The maximum absolute atomic E-state index is 9.17. The number of pyridine rings is 3. The van der Waals surface area contributed by atoms with E-state index in [4.69, 9.17) is 10.2 Å². The van der Waals surface area contributed by atoms with Gasteiger partial charge in [-0.2, -0.15) is 5.26 Å². The third-order valence-electron chi connectivity index (χ3n) is 8.39. The van der Waals surface area contributed by atoms with Crippen LogP contribution in [0.4, 0.5) is 0 Å². The molecular weight excluding hydrogens is 560 g/mol. The van der Waals surface area contributed by atoms with Crippen LogP contribution in [0.1, 0.15) is 5.56 Å². The third kappa shape index (κ3) is 5.17. The molecule has 0 unspecified atom stereocenters. The fourth-order valence-electron chi connectivity index (χ4n) is 6.04. The highest BCUT2D eigenvalue weighted by Gasteiger charge is 2.13. The zero-order chi connectivity index (χ0) is 30.9. The van der Waals surface area contributed by atoms with Crippen LogP contribution in [0.3, 0.4) is 0 Å². The summed E-state index contributed by atoms with van der Waals surface area (Å²) in [6.45, 7) is 0. The van der Waals surface area contributed by atoms with Crippen LogP contribution < -0.4 is 0 Å². The van der Waals surface area contributed by atoms with Crippen LogP contribution in [0.15, 0.2) is 158 Å². The zero-order valence-corrected chi connectivity index (χ0v) is 24.8. The average molecular weight is 587 g/mol. The first-order valence-corrected chi connectivity index (χ1v) is 15.1. The van der Waals surface area contributed by atoms with Crippen LogP contribution in [0.25, 0.3) is 77.7 Å². The quantitative estimate of drug-likeness (QED) is 0.201. The summed E-state index contributed by atoms with van der Waals surface area (Å²) in [4.78, 5) is 14.1. The number of nitrogens with zero attached hydrogens (tertiary/aromatic N) is 4. The molecule has 214 valence electrons. The molecule has 46 heavy (non-hydrogen) atoms. The maximum atomic E-state index is 9.17. The largest absolute Gasteiger partial charge is 0.255 e. The van der Waals surface area contributed by atoms with Gasteiger partial charge in [0.05, 0.1) is 34.4 Å². The van der Waals surface area contributed by atoms with Crippen LogP contribution in [0.2, 0.25) is 0 Å². The van der Waals surface area contributed by atoms with E-state index in [0.717, 1.165) is 61.5 Å². The second kappa shape index (κ2) is 11.6. The third-order valence-corrected chi connectivity index (χ3v) is 8.39. The van der Waals surface area contributed by atoms with E-state index in [1.54, 1.807) is 12.4 Å². The summed E-state index contributed by atoms with van der Waals surface area (Å²) in [5, 5.41) is 13.9. The van der Waals surface area contributed by atoms with E-state index in [1.165, 1.54) is 16.2 Å². The van der Waals surface area contributed by atoms with Gasteiger partial charge in [-0.3, -0.25) is 9.97 Å². The maximum Gasteiger partial charge on any atom is 0.0991 e. The lowest BCUT2D eigenvalue weighted by atomic mass is 9.93. The Kier molecular flexibility index (Phi) is 6.83. The monoisotopic (exact) mass is 586 g/mol. The van der Waals surface area contributed by atoms with Gasteiger partial charge in [-0.05, 0) is 122 Å². The van der Waals surface area contributed by atoms with Gasteiger partial charge in [0.15, 0.2) is 0 Å². The van der Waals surface area contributed by atoms with Crippen molar-refractivity contribution in [2.75, 3.05) is 0 Å². The van der Waals surface area contributed by atoms with E-state index in [9.17, 15) is 0 Å². The van der Waals surface area contributed by atoms with Crippen LogP contribution >= 0.6 is 0 Å². The van der Waals surface area contributed by atoms with Crippen LogP contribution in [-0.2, 0) is 0 Å². The molecular formula is C42H26N4. The summed E-state index contributed by atoms with van der Waals surface area (Å²) < 4.78 is 0. The normalized spacial score (nSPS) is 11.0. The van der Waals surface area contributed by atoms with Gasteiger partial charge < -0.3 is 0 Å². The smallest absolute Gasteiger partial charge is 0.0991 e. The lowest BCUT2D eigenvalue weighted by molar-refractivity contribution is 1.22. The van der Waals surface area contributed by atoms with Gasteiger partial charge in [-0.1, -0.05) is 78.9 Å². The van der Waals surface area contributed by atoms with Gasteiger partial charge in [0.1, 0.15) is 0 Å². The van der Waals surface area contributed by atoms with Gasteiger partial charge in [-0.25, -0.2) is 4.98 Å². The zero-order valence-electron chi connectivity index (χ0n) is 24.8. The molecule has 4 heteroatoms. The molecule has 0 aliphatic carbocycles. The molecule has 0 atom stereocenters. The molecule has 0 radical (unpaired) electrons. The van der Waals surface area contributed by atoms with E-state index in [0.29, 0.717) is 5.56 Å². The van der Waals surface area contributed by atoms with Crippen molar-refractivity contribution in [2.24, 2.45) is 0 Å². The molecule has 0 N–H and O–H groups in total. The topological polar surface area (TPSA) is 62.5 Å². The molecule has 0 amide bonds. The molecule has 0 aliphatic heterocycles. The lowest BCUT2D eigenvalue weighted by Gasteiger charge is -2.13. The molecule has 8 aromatic rings. The highest BCUT2D eigenvalue weighted by Crippen LogP contribution is 2.36. The molecule has 0 fully saturated rings. The van der Waals surface area contributed by atoms with E-state index in [-0.39, 0.29) is 0 Å². The van der Waals surface area contributed by atoms with Crippen molar-refractivity contribution < 1.29 is 0 Å². The number of nitriles is 1. The molecule has 8 rings (SSSR count). The van der Waals surface area contributed by atoms with Gasteiger partial charge in [0, 0.05) is 12.4 Å². The Balaban J connectivity index is 1.20. The number of rotatable bonds is 5. The van der Waals surface area contributed by atoms with Gasteiger partial charge in [0.2, 0.25) is 0 Å². The molecule has 0 saturated heterocycles. The second-order valence-corrected chi connectivity index (χ2v) is 11.3. The summed E-state index contributed by atoms with van der Waals surface area (Å²) in [5.74, 6) is 0. The number of hydrogen-bond donors (Lipinski definition) is 0. The predicted octanol–water partition coefficient (Wildman–Crippen LogP) is 10.4. The first-order chi connectivity index (χ1) is 22.7. The van der Waals surface area contributed by atoms with Crippen molar-refractivity contribution in [1.82, 2.24) is 15.0 Å². The summed E-state index contributed by atoms with van der Waals surface area (Å²) in [6.07, 6.45) is 3.59. The van der Waals surface area contributed by atoms with Crippen molar-refractivity contribution in [3.05, 3.63) is 164 Å². The molecule has 0 saturated carbocycles. The number of benzene rings is 5. The van der Waals surface area contributed by atoms with Gasteiger partial charge >= 0.3 is 0 Å². The first kappa shape index (κ1) is 27.1. The SMILES string of the molecule is N#Cc1ccc(-c2ccc3ccc(-c4ccc5c(-c6cc(-c7ccccn7)nc(-c7ccccn7)c6)cccc5c4)cc3c2)cc1. The van der Waals surface area contributed by atoms with Crippen molar-refractivity contribution in [3.8, 4) is 62.2 Å². The van der Waals surface area contributed by atoms with E-state index in [1.807, 2.05) is 60.7 Å². The first-order valence-electron chi connectivity index (χ1n) is 15.1. The summed E-state index contributed by atoms with van der Waals surface area (Å²) in [6, 6.07) is 52.3. The molecule has 0 aliphatic rings. The average Bonchev–Trinajstić information content (AvgIpc) is 3.14. The Bertz CT molecular complexity index is 2350. The van der Waals surface area contributed by atoms with E-state index >= 15 is 0 Å². The fraction of sp³-hybridized carbons (Fsp3) is 0. The molecule has 0 bridgehead atoms. The summed E-state index contributed by atoms with van der Waals surface area (Å²) in [7, 11) is 0. The minimum Gasteiger partial charge on any atom is -0.255 e. The molecule has 4 nitrogen and oxygen atoms in total. The van der Waals surface area contributed by atoms with E-state index in [2.05, 4.69) is 101 Å². The van der Waals surface area contributed by atoms with Crippen molar-refractivity contribution in [3.63, 3.8) is 0 Å². The number of fused-ring (bicyclic) bond motifs is 2. The summed E-state index contributed by atoms with van der Waals surface area (Å²) in [5.41, 5.74) is 10.7. The van der Waals surface area contributed by atoms with Crippen molar-refractivity contribution in [2.45, 2.75) is 0 Å². The second-order valence-electron chi connectivity index (χ2n) is 11.3. The van der Waals surface area contributed by atoms with Crippen LogP contribution in [0.5, 0.6) is 0 Å². The van der Waals surface area contributed by atoms with Crippen molar-refractivity contribution >= 4 is 21.5 Å². The number of aromatic nitrogens is 3. The number of hydrogen-bond acceptors (Lipinski definition) is 4. The van der Waals surface area contributed by atoms with Crippen LogP contribution in [-0.4, -0.2) is 15.0 Å². The Morgan fingerprint density at radius 3 is 1.61 bits per heavy atom. The Labute approximate surface area is 266 Å². The van der Waals surface area contributed by atoms with E-state index < -0.39 is 0 Å². The molecule has 3 heterocycles. The minimum atomic E-state index is 0.664. The predicted molar refractivity (Wildman–Crippen MR) is 187 cm³/mol. The Morgan fingerprint density at radius 2 is 1.00 bits per heavy atom. The summed E-state index contributed by atoms with van der Waals surface area (Å²) >= 11 is 0. The standard InChI is InChI=1S/C42H26N4/c43-27-28-10-12-29(13-11-28)31-16-14-30-15-17-32(24-35(30)23-31)33-18-19-38-34(22-33)6-5-7-37(38)36-25-41(39-8-1-3-20-44-39)46-42(26-36)40-9-2-4-21-45-40/h1-26H. The van der Waals surface area contributed by atoms with Gasteiger partial charge in [-0.15, -0.1) is 0 Å². The van der Waals surface area contributed by atoms with Crippen molar-refractivity contribution in [1.29, 1.82) is 5.26 Å². The lowest BCUT2D eigenvalue weighted by Crippen LogP contribution is -1.94. The minimum absolute atomic E-state index is 0.664.